The molecule has 2 fully saturated rings. The Morgan fingerprint density at radius 2 is 1.93 bits per heavy atom. The molecule has 0 saturated heterocycles. The van der Waals surface area contributed by atoms with Gasteiger partial charge in [-0.1, -0.05) is 19.3 Å². The second-order valence-electron chi connectivity index (χ2n) is 5.11. The van der Waals surface area contributed by atoms with E-state index in [0.29, 0.717) is 0 Å². The Kier molecular flexibility index (Phi) is 3.45. The van der Waals surface area contributed by atoms with E-state index in [9.17, 15) is 0 Å². The van der Waals surface area contributed by atoms with Crippen molar-refractivity contribution in [2.24, 2.45) is 5.41 Å². The van der Waals surface area contributed by atoms with Gasteiger partial charge in [0.05, 0.1) is 6.61 Å². The Balaban J connectivity index is 1.62. The highest BCUT2D eigenvalue weighted by Gasteiger charge is 2.43. The lowest BCUT2D eigenvalue weighted by molar-refractivity contribution is 0.0356. The fourth-order valence-electron chi connectivity index (χ4n) is 3.21. The molecule has 0 atom stereocenters. The lowest BCUT2D eigenvalue weighted by Gasteiger charge is -2.50. The molecule has 2 heteroatoms. The molecule has 2 rings (SSSR count). The van der Waals surface area contributed by atoms with Crippen LogP contribution in [-0.2, 0) is 4.74 Å². The maximum Gasteiger partial charge on any atom is 0.0587 e. The van der Waals surface area contributed by atoms with Gasteiger partial charge in [-0.25, -0.2) is 0 Å². The molecule has 0 aromatic carbocycles. The van der Waals surface area contributed by atoms with Crippen molar-refractivity contribution in [2.75, 3.05) is 20.3 Å². The smallest absolute Gasteiger partial charge is 0.0587 e. The average Bonchev–Trinajstić information content (AvgIpc) is 2.17. The van der Waals surface area contributed by atoms with Crippen molar-refractivity contribution in [1.29, 1.82) is 0 Å². The first-order valence-electron chi connectivity index (χ1n) is 6.07. The van der Waals surface area contributed by atoms with Gasteiger partial charge in [0.25, 0.3) is 0 Å². The molecule has 0 unspecified atom stereocenters. The van der Waals surface area contributed by atoms with Gasteiger partial charge in [0.1, 0.15) is 0 Å². The van der Waals surface area contributed by atoms with E-state index >= 15 is 0 Å². The predicted octanol–water partition coefficient (Wildman–Crippen LogP) is 2.34. The van der Waals surface area contributed by atoms with E-state index in [1.807, 2.05) is 0 Å². The zero-order chi connectivity index (χ0) is 9.86. The van der Waals surface area contributed by atoms with Crippen LogP contribution in [0.15, 0.2) is 0 Å². The molecule has 2 saturated carbocycles. The summed E-state index contributed by atoms with van der Waals surface area (Å²) in [5, 5.41) is 3.57. The minimum absolute atomic E-state index is 0.767. The normalized spacial score (nSPS) is 26.4. The highest BCUT2D eigenvalue weighted by molar-refractivity contribution is 4.98. The summed E-state index contributed by atoms with van der Waals surface area (Å²) in [6, 6.07) is 0.795. The summed E-state index contributed by atoms with van der Waals surface area (Å²) in [6.07, 6.45) is 10.3. The summed E-state index contributed by atoms with van der Waals surface area (Å²) in [5.41, 5.74) is 0.767. The second kappa shape index (κ2) is 4.63. The van der Waals surface area contributed by atoms with Crippen LogP contribution in [0.1, 0.15) is 44.9 Å². The molecule has 0 aromatic heterocycles. The molecule has 82 valence electrons. The topological polar surface area (TPSA) is 21.3 Å². The van der Waals surface area contributed by atoms with E-state index in [2.05, 4.69) is 5.32 Å². The summed E-state index contributed by atoms with van der Waals surface area (Å²) in [4.78, 5) is 0. The molecule has 0 radical (unpaired) electrons. The Bertz CT molecular complexity index is 167. The summed E-state index contributed by atoms with van der Waals surface area (Å²) >= 11 is 0. The molecule has 1 spiro atoms. The van der Waals surface area contributed by atoms with Crippen molar-refractivity contribution >= 4 is 0 Å². The van der Waals surface area contributed by atoms with Gasteiger partial charge in [0.2, 0.25) is 0 Å². The average molecular weight is 197 g/mol. The summed E-state index contributed by atoms with van der Waals surface area (Å²) in [7, 11) is 1.77. The molecule has 14 heavy (non-hydrogen) atoms. The highest BCUT2D eigenvalue weighted by Crippen LogP contribution is 2.51. The second-order valence-corrected chi connectivity index (χ2v) is 5.11. The van der Waals surface area contributed by atoms with Crippen molar-refractivity contribution in [2.45, 2.75) is 51.0 Å². The van der Waals surface area contributed by atoms with Crippen molar-refractivity contribution in [3.8, 4) is 0 Å². The van der Waals surface area contributed by atoms with Gasteiger partial charge in [0.15, 0.2) is 0 Å². The summed E-state index contributed by atoms with van der Waals surface area (Å²) < 4.78 is 5.04. The maximum absolute atomic E-state index is 5.04. The van der Waals surface area contributed by atoms with Crippen LogP contribution in [0.4, 0.5) is 0 Å². The largest absolute Gasteiger partial charge is 0.383 e. The van der Waals surface area contributed by atoms with E-state index in [-0.39, 0.29) is 0 Å². The van der Waals surface area contributed by atoms with Gasteiger partial charge in [-0.15, -0.1) is 0 Å². The quantitative estimate of drug-likeness (QED) is 0.698. The van der Waals surface area contributed by atoms with Crippen LogP contribution < -0.4 is 5.32 Å². The van der Waals surface area contributed by atoms with Crippen LogP contribution in [-0.4, -0.2) is 26.3 Å². The van der Waals surface area contributed by atoms with Crippen LogP contribution in [0.3, 0.4) is 0 Å². The Morgan fingerprint density at radius 1 is 1.21 bits per heavy atom. The minimum atomic E-state index is 0.767. The predicted molar refractivity (Wildman–Crippen MR) is 58.4 cm³/mol. The monoisotopic (exact) mass is 197 g/mol. The number of methoxy groups -OCH3 is 1. The maximum atomic E-state index is 5.04. The van der Waals surface area contributed by atoms with E-state index in [1.165, 1.54) is 44.9 Å². The number of hydrogen-bond donors (Lipinski definition) is 1. The number of nitrogens with one attached hydrogen (secondary N) is 1. The Hall–Kier alpha value is -0.0800. The van der Waals surface area contributed by atoms with Crippen LogP contribution in [0.2, 0.25) is 0 Å². The molecule has 1 N–H and O–H groups in total. The zero-order valence-electron chi connectivity index (χ0n) is 9.35. The molecule has 0 amide bonds. The van der Waals surface area contributed by atoms with Gasteiger partial charge < -0.3 is 10.1 Å². The van der Waals surface area contributed by atoms with Crippen molar-refractivity contribution < 1.29 is 4.74 Å². The Labute approximate surface area is 87.4 Å². The summed E-state index contributed by atoms with van der Waals surface area (Å²) in [5.74, 6) is 0. The van der Waals surface area contributed by atoms with E-state index in [0.717, 1.165) is 24.6 Å². The number of hydrogen-bond acceptors (Lipinski definition) is 2. The molecule has 2 aliphatic rings. The van der Waals surface area contributed by atoms with Crippen molar-refractivity contribution in [3.63, 3.8) is 0 Å². The molecule has 2 nitrogen and oxygen atoms in total. The third kappa shape index (κ3) is 2.29. The molecule has 2 aliphatic carbocycles. The molecule has 0 heterocycles. The number of rotatable bonds is 4. The third-order valence-electron chi connectivity index (χ3n) is 4.01. The van der Waals surface area contributed by atoms with Crippen LogP contribution in [0.25, 0.3) is 0 Å². The third-order valence-corrected chi connectivity index (χ3v) is 4.01. The Morgan fingerprint density at radius 3 is 2.57 bits per heavy atom. The molecule has 0 bridgehead atoms. The molecular formula is C12H23NO. The number of ether oxygens (including phenoxy) is 1. The first kappa shape index (κ1) is 10.4. The summed E-state index contributed by atoms with van der Waals surface area (Å²) in [6.45, 7) is 1.88. The van der Waals surface area contributed by atoms with Gasteiger partial charge in [0, 0.05) is 19.7 Å². The van der Waals surface area contributed by atoms with Crippen molar-refractivity contribution in [1.82, 2.24) is 5.32 Å². The van der Waals surface area contributed by atoms with Gasteiger partial charge in [-0.05, 0) is 31.1 Å². The van der Waals surface area contributed by atoms with Gasteiger partial charge >= 0.3 is 0 Å². The van der Waals surface area contributed by atoms with Gasteiger partial charge in [-0.3, -0.25) is 0 Å². The molecule has 0 aliphatic heterocycles. The SMILES string of the molecule is COCCNC1CC2(CCCCC2)C1. The van der Waals surface area contributed by atoms with E-state index < -0.39 is 0 Å². The first-order valence-corrected chi connectivity index (χ1v) is 6.07. The fourth-order valence-corrected chi connectivity index (χ4v) is 3.21. The van der Waals surface area contributed by atoms with E-state index in [4.69, 9.17) is 4.74 Å². The fraction of sp³-hybridized carbons (Fsp3) is 1.00. The minimum Gasteiger partial charge on any atom is -0.383 e. The van der Waals surface area contributed by atoms with Crippen LogP contribution >= 0.6 is 0 Å². The van der Waals surface area contributed by atoms with Gasteiger partial charge in [-0.2, -0.15) is 0 Å². The van der Waals surface area contributed by atoms with Crippen LogP contribution in [0, 0.1) is 5.41 Å². The molecular weight excluding hydrogens is 174 g/mol. The lowest BCUT2D eigenvalue weighted by atomic mass is 9.58. The van der Waals surface area contributed by atoms with Crippen molar-refractivity contribution in [3.05, 3.63) is 0 Å². The van der Waals surface area contributed by atoms with E-state index in [1.54, 1.807) is 7.11 Å². The standard InChI is InChI=1S/C12H23NO/c1-14-8-7-13-11-9-12(10-11)5-3-2-4-6-12/h11,13H,2-10H2,1H3. The first-order chi connectivity index (χ1) is 6.85. The highest BCUT2D eigenvalue weighted by atomic mass is 16.5. The molecule has 0 aromatic rings. The lowest BCUT2D eigenvalue weighted by Crippen LogP contribution is -2.50. The zero-order valence-corrected chi connectivity index (χ0v) is 9.35. The van der Waals surface area contributed by atoms with Crippen LogP contribution in [0.5, 0.6) is 0 Å².